The Hall–Kier alpha value is -3.50. The lowest BCUT2D eigenvalue weighted by Crippen LogP contribution is -2.50. The zero-order valence-corrected chi connectivity index (χ0v) is 25.5. The van der Waals surface area contributed by atoms with E-state index in [2.05, 4.69) is 16.3 Å². The van der Waals surface area contributed by atoms with Crippen molar-refractivity contribution in [3.8, 4) is 17.0 Å². The number of carbonyl (C=O) groups is 2. The van der Waals surface area contributed by atoms with E-state index in [0.717, 1.165) is 55.7 Å². The summed E-state index contributed by atoms with van der Waals surface area (Å²) < 4.78 is 12.7. The van der Waals surface area contributed by atoms with Crippen LogP contribution < -0.4 is 15.0 Å². The zero-order chi connectivity index (χ0) is 30.0. The minimum atomic E-state index is -0.513. The molecule has 2 saturated heterocycles. The van der Waals surface area contributed by atoms with Gasteiger partial charge in [-0.1, -0.05) is 11.6 Å². The molecule has 0 unspecified atom stereocenters. The Bertz CT molecular complexity index is 1440. The van der Waals surface area contributed by atoms with Gasteiger partial charge in [0, 0.05) is 67.8 Å². The van der Waals surface area contributed by atoms with E-state index < -0.39 is 5.60 Å². The summed E-state index contributed by atoms with van der Waals surface area (Å²) in [5.41, 5.74) is 3.50. The van der Waals surface area contributed by atoms with E-state index in [4.69, 9.17) is 26.1 Å². The third kappa shape index (κ3) is 6.76. The Morgan fingerprint density at radius 2 is 1.81 bits per heavy atom. The summed E-state index contributed by atoms with van der Waals surface area (Å²) in [6.07, 6.45) is 6.63. The van der Waals surface area contributed by atoms with Crippen LogP contribution in [0.1, 0.15) is 52.0 Å². The van der Waals surface area contributed by atoms with Crippen molar-refractivity contribution in [2.45, 2.75) is 64.7 Å². The van der Waals surface area contributed by atoms with Crippen molar-refractivity contribution in [1.29, 1.82) is 0 Å². The molecule has 0 spiro atoms. The van der Waals surface area contributed by atoms with Crippen LogP contribution in [0.2, 0.25) is 5.02 Å². The topological polar surface area (TPSA) is 109 Å². The second-order valence-corrected chi connectivity index (χ2v) is 12.5. The van der Waals surface area contributed by atoms with Gasteiger partial charge in [0.1, 0.15) is 17.0 Å². The lowest BCUT2D eigenvalue weighted by atomic mass is 9.94. The number of rotatable bonds is 6. The number of aromatic nitrogens is 2. The largest absolute Gasteiger partial charge is 0.495 e. The molecule has 0 bridgehead atoms. The van der Waals surface area contributed by atoms with Gasteiger partial charge in [-0.3, -0.25) is 4.79 Å². The van der Waals surface area contributed by atoms with Gasteiger partial charge in [0.15, 0.2) is 0 Å². The van der Waals surface area contributed by atoms with Crippen molar-refractivity contribution in [3.63, 3.8) is 0 Å². The highest BCUT2D eigenvalue weighted by molar-refractivity contribution is 6.32. The van der Waals surface area contributed by atoms with E-state index in [1.807, 2.05) is 43.6 Å². The second kappa shape index (κ2) is 12.4. The molecule has 0 atom stereocenters. The maximum absolute atomic E-state index is 13.1. The molecule has 2 aromatic heterocycles. The summed E-state index contributed by atoms with van der Waals surface area (Å²) in [7, 11) is 1.54. The van der Waals surface area contributed by atoms with Crippen molar-refractivity contribution in [3.05, 3.63) is 47.2 Å². The van der Waals surface area contributed by atoms with Gasteiger partial charge in [-0.15, -0.1) is 0 Å². The molecule has 42 heavy (non-hydrogen) atoms. The van der Waals surface area contributed by atoms with E-state index in [-0.39, 0.29) is 30.6 Å². The summed E-state index contributed by atoms with van der Waals surface area (Å²) >= 11 is 6.36. The van der Waals surface area contributed by atoms with E-state index in [1.165, 1.54) is 0 Å². The van der Waals surface area contributed by atoms with Gasteiger partial charge in [0.2, 0.25) is 5.91 Å². The monoisotopic (exact) mass is 597 g/mol. The van der Waals surface area contributed by atoms with Crippen LogP contribution in [-0.4, -0.2) is 76.3 Å². The average molecular weight is 598 g/mol. The van der Waals surface area contributed by atoms with E-state index in [0.29, 0.717) is 35.1 Å². The predicted molar refractivity (Wildman–Crippen MR) is 162 cm³/mol. The number of imidazole rings is 1. The van der Waals surface area contributed by atoms with Gasteiger partial charge in [-0.25, -0.2) is 9.78 Å². The second-order valence-electron chi connectivity index (χ2n) is 12.1. The lowest BCUT2D eigenvalue weighted by Gasteiger charge is -2.36. The van der Waals surface area contributed by atoms with Crippen LogP contribution in [0.15, 0.2) is 36.7 Å². The third-order valence-corrected chi connectivity index (χ3v) is 8.29. The number of nitrogens with zero attached hydrogens (tertiary/aromatic N) is 4. The number of methoxy groups -OCH3 is 1. The number of aliphatic hydroxyl groups excluding tert-OH is 1. The van der Waals surface area contributed by atoms with Gasteiger partial charge in [-0.05, 0) is 70.2 Å². The fraction of sp³-hybridized carbons (Fsp3) is 0.516. The molecule has 0 saturated carbocycles. The molecule has 3 aromatic rings. The number of hydrogen-bond donors (Lipinski definition) is 2. The number of amides is 2. The van der Waals surface area contributed by atoms with Crippen LogP contribution in [0.5, 0.6) is 5.75 Å². The summed E-state index contributed by atoms with van der Waals surface area (Å²) in [5, 5.41) is 13.6. The summed E-state index contributed by atoms with van der Waals surface area (Å²) in [4.78, 5) is 34.2. The first-order valence-corrected chi connectivity index (χ1v) is 14.9. The normalized spacial score (nSPS) is 17.0. The fourth-order valence-electron chi connectivity index (χ4n) is 5.67. The summed E-state index contributed by atoms with van der Waals surface area (Å²) in [5.74, 6) is 0.594. The Labute approximate surface area is 251 Å². The summed E-state index contributed by atoms with van der Waals surface area (Å²) in [6, 6.07) is 7.70. The van der Waals surface area contributed by atoms with Crippen molar-refractivity contribution in [1.82, 2.24) is 19.6 Å². The average Bonchev–Trinajstić information content (AvgIpc) is 3.40. The number of ether oxygens (including phenoxy) is 2. The van der Waals surface area contributed by atoms with Crippen LogP contribution in [-0.2, 0) is 16.1 Å². The quantitative estimate of drug-likeness (QED) is 0.416. The molecule has 4 heterocycles. The highest BCUT2D eigenvalue weighted by atomic mass is 35.5. The van der Waals surface area contributed by atoms with Crippen LogP contribution >= 0.6 is 11.6 Å². The van der Waals surface area contributed by atoms with Crippen LogP contribution in [0.3, 0.4) is 0 Å². The van der Waals surface area contributed by atoms with E-state index in [9.17, 15) is 14.7 Å². The SMILES string of the molecule is COc1cc(CO)c(-c2cn3ccc(N4CCC(C(=O)NC5CCN(C(=O)OC(C)(C)C)CC5)CC4)cc3n2)cc1Cl. The molecule has 226 valence electrons. The van der Waals surface area contributed by atoms with Crippen molar-refractivity contribution < 1.29 is 24.2 Å². The smallest absolute Gasteiger partial charge is 0.410 e. The van der Waals surface area contributed by atoms with Gasteiger partial charge >= 0.3 is 6.09 Å². The molecule has 1 aromatic carbocycles. The van der Waals surface area contributed by atoms with Crippen molar-refractivity contribution in [2.24, 2.45) is 5.92 Å². The highest BCUT2D eigenvalue weighted by Gasteiger charge is 2.30. The van der Waals surface area contributed by atoms with E-state index >= 15 is 0 Å². The molecule has 11 heteroatoms. The number of halogens is 1. The molecule has 10 nitrogen and oxygen atoms in total. The Balaban J connectivity index is 1.16. The number of anilines is 1. The van der Waals surface area contributed by atoms with Gasteiger partial charge in [0.25, 0.3) is 0 Å². The maximum atomic E-state index is 13.1. The highest BCUT2D eigenvalue weighted by Crippen LogP contribution is 2.34. The van der Waals surface area contributed by atoms with Gasteiger partial charge in [0.05, 0.1) is 24.4 Å². The number of nitrogens with one attached hydrogen (secondary N) is 1. The Morgan fingerprint density at radius 1 is 1.10 bits per heavy atom. The zero-order valence-electron chi connectivity index (χ0n) is 24.7. The molecular formula is C31H40ClN5O5. The third-order valence-electron chi connectivity index (χ3n) is 7.99. The van der Waals surface area contributed by atoms with Gasteiger partial charge < -0.3 is 34.1 Å². The summed E-state index contributed by atoms with van der Waals surface area (Å²) in [6.45, 7) is 8.17. The minimum Gasteiger partial charge on any atom is -0.495 e. The van der Waals surface area contributed by atoms with Crippen LogP contribution in [0.25, 0.3) is 16.9 Å². The van der Waals surface area contributed by atoms with Gasteiger partial charge in [-0.2, -0.15) is 0 Å². The molecule has 2 aliphatic heterocycles. The van der Waals surface area contributed by atoms with Crippen molar-refractivity contribution in [2.75, 3.05) is 38.2 Å². The molecule has 5 rings (SSSR count). The van der Waals surface area contributed by atoms with Crippen LogP contribution in [0.4, 0.5) is 10.5 Å². The number of fused-ring (bicyclic) bond motifs is 1. The molecule has 0 aliphatic carbocycles. The molecule has 0 radical (unpaired) electrons. The molecule has 2 fully saturated rings. The number of benzene rings is 1. The lowest BCUT2D eigenvalue weighted by molar-refractivity contribution is -0.126. The number of piperidine rings is 2. The standard InChI is InChI=1S/C31H40ClN5O5/c1-31(2,3)42-30(40)36-12-7-22(8-13-36)33-29(39)20-5-10-35(11-6-20)23-9-14-37-18-26(34-28(37)16-23)24-17-25(32)27(41-4)15-21(24)19-38/h9,14-18,20,22,38H,5-8,10-13,19H2,1-4H3,(H,33,39). The first-order valence-electron chi connectivity index (χ1n) is 14.5. The number of pyridine rings is 1. The Kier molecular flexibility index (Phi) is 8.84. The first-order chi connectivity index (χ1) is 20.0. The number of aliphatic hydroxyl groups is 1. The Morgan fingerprint density at radius 3 is 2.45 bits per heavy atom. The predicted octanol–water partition coefficient (Wildman–Crippen LogP) is 4.89. The molecule has 2 N–H and O–H groups in total. The number of carbonyl (C=O) groups excluding carboxylic acids is 2. The maximum Gasteiger partial charge on any atom is 0.410 e. The number of likely N-dealkylation sites (tertiary alicyclic amines) is 1. The van der Waals surface area contributed by atoms with Crippen molar-refractivity contribution >= 4 is 34.9 Å². The van der Waals surface area contributed by atoms with E-state index in [1.54, 1.807) is 24.1 Å². The minimum absolute atomic E-state index is 0.0244. The fourth-order valence-corrected chi connectivity index (χ4v) is 5.91. The number of hydrogen-bond acceptors (Lipinski definition) is 7. The first kappa shape index (κ1) is 30.0. The molecule has 2 amide bonds. The van der Waals surface area contributed by atoms with Crippen LogP contribution in [0, 0.1) is 5.92 Å². The molecule has 2 aliphatic rings. The molecular weight excluding hydrogens is 558 g/mol.